The highest BCUT2D eigenvalue weighted by molar-refractivity contribution is 6.31. The molecule has 9 heteroatoms. The highest BCUT2D eigenvalue weighted by atomic mass is 35.5. The van der Waals surface area contributed by atoms with E-state index in [4.69, 9.17) is 27.6 Å². The topological polar surface area (TPSA) is 83.4 Å². The fraction of sp³-hybridized carbons (Fsp3) is 0.158. The Morgan fingerprint density at radius 1 is 1.21 bits per heavy atom. The van der Waals surface area contributed by atoms with E-state index in [1.165, 1.54) is 18.2 Å². The van der Waals surface area contributed by atoms with Crippen molar-refractivity contribution in [3.63, 3.8) is 0 Å². The van der Waals surface area contributed by atoms with Gasteiger partial charge in [0.2, 0.25) is 5.91 Å². The first-order valence-electron chi connectivity index (χ1n) is 8.39. The van der Waals surface area contributed by atoms with Gasteiger partial charge in [0, 0.05) is 17.0 Å². The van der Waals surface area contributed by atoms with E-state index in [0.29, 0.717) is 21.9 Å². The number of benzene rings is 2. The minimum atomic E-state index is -0.741. The molecule has 1 aliphatic heterocycles. The van der Waals surface area contributed by atoms with Crippen molar-refractivity contribution in [3.05, 3.63) is 69.7 Å². The summed E-state index contributed by atoms with van der Waals surface area (Å²) in [6, 6.07) is 9.16. The molecular formula is C19H14Cl2FN3O3. The Kier molecular flexibility index (Phi) is 4.87. The summed E-state index contributed by atoms with van der Waals surface area (Å²) in [6.07, 6.45) is 0. The fourth-order valence-electron chi connectivity index (χ4n) is 3.04. The van der Waals surface area contributed by atoms with E-state index < -0.39 is 29.8 Å². The number of rotatable bonds is 4. The van der Waals surface area contributed by atoms with Crippen molar-refractivity contribution < 1.29 is 18.4 Å². The van der Waals surface area contributed by atoms with Gasteiger partial charge in [0.1, 0.15) is 29.2 Å². The second-order valence-corrected chi connectivity index (χ2v) is 7.20. The van der Waals surface area contributed by atoms with Gasteiger partial charge in [0.15, 0.2) is 0 Å². The maximum Gasteiger partial charge on any atom is 0.315 e. The van der Waals surface area contributed by atoms with Crippen molar-refractivity contribution in [1.29, 1.82) is 0 Å². The van der Waals surface area contributed by atoms with E-state index in [0.717, 1.165) is 5.39 Å². The van der Waals surface area contributed by atoms with Gasteiger partial charge in [0.25, 0.3) is 0 Å². The van der Waals surface area contributed by atoms with E-state index >= 15 is 0 Å². The third-order valence-corrected chi connectivity index (χ3v) is 4.96. The van der Waals surface area contributed by atoms with Crippen LogP contribution in [0.4, 0.5) is 9.18 Å². The summed E-state index contributed by atoms with van der Waals surface area (Å²) in [5.74, 6) is -0.563. The maximum atomic E-state index is 13.6. The van der Waals surface area contributed by atoms with Gasteiger partial charge in [-0.15, -0.1) is 0 Å². The summed E-state index contributed by atoms with van der Waals surface area (Å²) < 4.78 is 19.5. The van der Waals surface area contributed by atoms with Crippen LogP contribution >= 0.6 is 23.2 Å². The molecule has 6 nitrogen and oxygen atoms in total. The summed E-state index contributed by atoms with van der Waals surface area (Å²) in [5.41, 5.74) is 1.12. The van der Waals surface area contributed by atoms with Crippen LogP contribution in [0.15, 0.2) is 46.9 Å². The van der Waals surface area contributed by atoms with Crippen LogP contribution in [-0.4, -0.2) is 24.5 Å². The molecule has 2 atom stereocenters. The Hall–Kier alpha value is -2.77. The molecule has 3 aromatic rings. The van der Waals surface area contributed by atoms with Crippen LogP contribution in [0.3, 0.4) is 0 Å². The van der Waals surface area contributed by atoms with Gasteiger partial charge in [-0.3, -0.25) is 4.79 Å². The number of carbonyl (C=O) groups is 2. The first-order chi connectivity index (χ1) is 13.4. The van der Waals surface area contributed by atoms with Crippen LogP contribution in [0.5, 0.6) is 0 Å². The molecule has 0 aliphatic carbocycles. The summed E-state index contributed by atoms with van der Waals surface area (Å²) in [4.78, 5) is 24.0. The van der Waals surface area contributed by atoms with Crippen LogP contribution in [0.2, 0.25) is 10.0 Å². The standard InChI is InChI=1S/C19H14Cl2FN3O3/c20-11-2-4-15-10(5-11)7-16(28-15)17(9-1-3-13(22)12(21)6-9)25-18(26)14-8-23-19(27)24-14/h1-7,14,17H,8H2,(H,25,26)(H2,23,24,27)/t14-,17-/m0/s1. The minimum Gasteiger partial charge on any atom is -0.459 e. The normalized spacial score (nSPS) is 17.2. The molecule has 144 valence electrons. The van der Waals surface area contributed by atoms with Crippen LogP contribution in [0.1, 0.15) is 17.4 Å². The zero-order chi connectivity index (χ0) is 19.8. The Morgan fingerprint density at radius 2 is 2.04 bits per heavy atom. The van der Waals surface area contributed by atoms with E-state index in [1.807, 2.05) is 0 Å². The van der Waals surface area contributed by atoms with Gasteiger partial charge < -0.3 is 20.4 Å². The summed E-state index contributed by atoms with van der Waals surface area (Å²) >= 11 is 12.0. The van der Waals surface area contributed by atoms with Crippen molar-refractivity contribution in [2.75, 3.05) is 6.54 Å². The number of fused-ring (bicyclic) bond motifs is 1. The number of halogens is 3. The summed E-state index contributed by atoms with van der Waals surface area (Å²) in [7, 11) is 0. The lowest BCUT2D eigenvalue weighted by Gasteiger charge is -2.19. The van der Waals surface area contributed by atoms with E-state index in [2.05, 4.69) is 16.0 Å². The Balaban J connectivity index is 1.72. The average Bonchev–Trinajstić information content (AvgIpc) is 3.27. The third kappa shape index (κ3) is 3.63. The van der Waals surface area contributed by atoms with Gasteiger partial charge in [-0.25, -0.2) is 9.18 Å². The second kappa shape index (κ2) is 7.33. The smallest absolute Gasteiger partial charge is 0.315 e. The predicted molar refractivity (Wildman–Crippen MR) is 103 cm³/mol. The molecule has 1 aliphatic rings. The van der Waals surface area contributed by atoms with E-state index in [-0.39, 0.29) is 11.6 Å². The molecule has 1 fully saturated rings. The van der Waals surface area contributed by atoms with Crippen molar-refractivity contribution >= 4 is 46.1 Å². The average molecular weight is 422 g/mol. The summed E-state index contributed by atoms with van der Waals surface area (Å²) in [6.45, 7) is 0.164. The zero-order valence-corrected chi connectivity index (χ0v) is 15.8. The van der Waals surface area contributed by atoms with Crippen LogP contribution in [0.25, 0.3) is 11.0 Å². The van der Waals surface area contributed by atoms with E-state index in [1.54, 1.807) is 24.3 Å². The quantitative estimate of drug-likeness (QED) is 0.599. The predicted octanol–water partition coefficient (Wildman–Crippen LogP) is 3.77. The summed E-state index contributed by atoms with van der Waals surface area (Å²) in [5, 5.41) is 9.11. The largest absolute Gasteiger partial charge is 0.459 e. The van der Waals surface area contributed by atoms with Crippen molar-refractivity contribution in [3.8, 4) is 0 Å². The Labute approximate surface area is 169 Å². The van der Waals surface area contributed by atoms with Crippen molar-refractivity contribution in [2.45, 2.75) is 12.1 Å². The first-order valence-corrected chi connectivity index (χ1v) is 9.15. The Morgan fingerprint density at radius 3 is 2.75 bits per heavy atom. The number of hydrogen-bond donors (Lipinski definition) is 3. The van der Waals surface area contributed by atoms with Gasteiger partial charge in [-0.1, -0.05) is 29.3 Å². The van der Waals surface area contributed by atoms with Crippen molar-refractivity contribution in [1.82, 2.24) is 16.0 Å². The first kappa shape index (κ1) is 18.6. The van der Waals surface area contributed by atoms with Crippen LogP contribution in [-0.2, 0) is 4.79 Å². The van der Waals surface area contributed by atoms with Crippen molar-refractivity contribution in [2.24, 2.45) is 0 Å². The molecule has 2 heterocycles. The highest BCUT2D eigenvalue weighted by Crippen LogP contribution is 2.31. The van der Waals surface area contributed by atoms with Gasteiger partial charge in [0.05, 0.1) is 5.02 Å². The molecule has 2 aromatic carbocycles. The molecule has 0 radical (unpaired) electrons. The number of carbonyl (C=O) groups excluding carboxylic acids is 2. The maximum absolute atomic E-state index is 13.6. The SMILES string of the molecule is O=C1NC[C@@H](C(=O)N[C@@H](c2ccc(F)c(Cl)c2)c2cc3cc(Cl)ccc3o2)N1. The molecule has 0 spiro atoms. The molecule has 0 unspecified atom stereocenters. The van der Waals surface area contributed by atoms with Crippen LogP contribution in [0, 0.1) is 5.82 Å². The fourth-order valence-corrected chi connectivity index (χ4v) is 3.41. The molecule has 0 saturated carbocycles. The van der Waals surface area contributed by atoms with Gasteiger partial charge in [-0.05, 0) is 42.0 Å². The molecule has 0 bridgehead atoms. The second-order valence-electron chi connectivity index (χ2n) is 6.35. The molecule has 28 heavy (non-hydrogen) atoms. The van der Waals surface area contributed by atoms with Crippen LogP contribution < -0.4 is 16.0 Å². The lowest BCUT2D eigenvalue weighted by Crippen LogP contribution is -2.44. The zero-order valence-electron chi connectivity index (χ0n) is 14.3. The molecule has 1 aromatic heterocycles. The van der Waals surface area contributed by atoms with E-state index in [9.17, 15) is 14.0 Å². The number of urea groups is 1. The number of furan rings is 1. The molecule has 3 amide bonds. The van der Waals surface area contributed by atoms with Gasteiger partial charge >= 0.3 is 6.03 Å². The molecule has 1 saturated heterocycles. The number of hydrogen-bond acceptors (Lipinski definition) is 3. The molecule has 4 rings (SSSR count). The Bertz CT molecular complexity index is 1090. The monoisotopic (exact) mass is 421 g/mol. The molecular weight excluding hydrogens is 408 g/mol. The minimum absolute atomic E-state index is 0.0771. The number of amides is 3. The third-order valence-electron chi connectivity index (χ3n) is 4.43. The molecule has 3 N–H and O–H groups in total. The lowest BCUT2D eigenvalue weighted by molar-refractivity contribution is -0.123. The number of nitrogens with one attached hydrogen (secondary N) is 3. The van der Waals surface area contributed by atoms with Gasteiger partial charge in [-0.2, -0.15) is 0 Å². The lowest BCUT2D eigenvalue weighted by atomic mass is 10.0. The highest BCUT2D eigenvalue weighted by Gasteiger charge is 2.30.